The highest BCUT2D eigenvalue weighted by atomic mass is 16.5. The van der Waals surface area contributed by atoms with Crippen LogP contribution >= 0.6 is 0 Å². The Morgan fingerprint density at radius 3 is 2.67 bits per heavy atom. The number of aromatic amines is 1. The normalized spacial score (nSPS) is 11.9. The lowest BCUT2D eigenvalue weighted by molar-refractivity contribution is -0.0306. The monoisotopic (exact) mass is 251 g/mol. The zero-order valence-corrected chi connectivity index (χ0v) is 10.7. The lowest BCUT2D eigenvalue weighted by Gasteiger charge is -2.25. The molecule has 0 spiro atoms. The predicted octanol–water partition coefficient (Wildman–Crippen LogP) is 1.70. The number of nitrogens with two attached hydrogens (primary N) is 1. The molecule has 7 heteroatoms. The molecule has 0 fully saturated rings. The minimum Gasteiger partial charge on any atom is -0.382 e. The Hall–Kier alpha value is -1.89. The number of aromatic nitrogens is 4. The van der Waals surface area contributed by atoms with Gasteiger partial charge in [0.05, 0.1) is 0 Å². The summed E-state index contributed by atoms with van der Waals surface area (Å²) in [5.74, 6) is 1.28. The molecule has 0 saturated heterocycles. The highest BCUT2D eigenvalue weighted by molar-refractivity contribution is 5.51. The molecule has 0 bridgehead atoms. The molecule has 2 rings (SSSR count). The van der Waals surface area contributed by atoms with Gasteiger partial charge in [-0.25, -0.2) is 0 Å². The van der Waals surface area contributed by atoms with E-state index in [1.807, 2.05) is 13.8 Å². The summed E-state index contributed by atoms with van der Waals surface area (Å²) in [5, 5.41) is 10.5. The van der Waals surface area contributed by atoms with Gasteiger partial charge < -0.3 is 15.0 Å². The maximum Gasteiger partial charge on any atom is 0.276 e. The van der Waals surface area contributed by atoms with E-state index in [9.17, 15) is 0 Å². The number of rotatable bonds is 5. The summed E-state index contributed by atoms with van der Waals surface area (Å²) in [6, 6.07) is 1.64. The van der Waals surface area contributed by atoms with Crippen LogP contribution in [0.3, 0.4) is 0 Å². The summed E-state index contributed by atoms with van der Waals surface area (Å²) >= 11 is 0. The van der Waals surface area contributed by atoms with Crippen LogP contribution in [-0.2, 0) is 10.3 Å². The Morgan fingerprint density at radius 2 is 2.17 bits per heavy atom. The first-order valence-corrected chi connectivity index (χ1v) is 5.85. The van der Waals surface area contributed by atoms with Crippen molar-refractivity contribution in [3.8, 4) is 11.6 Å². The Morgan fingerprint density at radius 1 is 1.44 bits per heavy atom. The molecule has 0 radical (unpaired) electrons. The molecule has 0 aliphatic heterocycles. The SMILES string of the molecule is CCC(CC)(OC)c1noc(-c2cc(N)n[nH]2)n1. The zero-order valence-electron chi connectivity index (χ0n) is 10.7. The minimum absolute atomic E-state index is 0.359. The molecule has 0 unspecified atom stereocenters. The largest absolute Gasteiger partial charge is 0.382 e. The van der Waals surface area contributed by atoms with E-state index in [4.69, 9.17) is 15.0 Å². The lowest BCUT2D eigenvalue weighted by atomic mass is 9.96. The molecule has 2 aromatic rings. The molecule has 3 N–H and O–H groups in total. The molecule has 7 nitrogen and oxygen atoms in total. The van der Waals surface area contributed by atoms with Gasteiger partial charge in [-0.3, -0.25) is 5.10 Å². The van der Waals surface area contributed by atoms with Crippen molar-refractivity contribution in [3.05, 3.63) is 11.9 Å². The number of hydrogen-bond acceptors (Lipinski definition) is 6. The molecule has 0 atom stereocenters. The number of anilines is 1. The smallest absolute Gasteiger partial charge is 0.276 e. The van der Waals surface area contributed by atoms with Crippen LogP contribution in [0.25, 0.3) is 11.6 Å². The average molecular weight is 251 g/mol. The van der Waals surface area contributed by atoms with Crippen LogP contribution in [0.5, 0.6) is 0 Å². The van der Waals surface area contributed by atoms with E-state index in [1.54, 1.807) is 13.2 Å². The van der Waals surface area contributed by atoms with Crippen LogP contribution < -0.4 is 5.73 Å². The van der Waals surface area contributed by atoms with Gasteiger partial charge in [0.25, 0.3) is 5.89 Å². The predicted molar refractivity (Wildman–Crippen MR) is 65.6 cm³/mol. The van der Waals surface area contributed by atoms with E-state index in [2.05, 4.69) is 20.3 Å². The number of H-pyrrole nitrogens is 1. The van der Waals surface area contributed by atoms with E-state index in [1.165, 1.54) is 0 Å². The molecule has 98 valence electrons. The van der Waals surface area contributed by atoms with Crippen LogP contribution in [0.4, 0.5) is 5.82 Å². The summed E-state index contributed by atoms with van der Waals surface area (Å²) in [5.41, 5.74) is 5.62. The zero-order chi connectivity index (χ0) is 13.2. The van der Waals surface area contributed by atoms with Gasteiger partial charge >= 0.3 is 0 Å². The number of nitrogen functional groups attached to an aromatic ring is 1. The van der Waals surface area contributed by atoms with Gasteiger partial charge in [-0.1, -0.05) is 19.0 Å². The Bertz CT molecular complexity index is 507. The molecule has 2 aromatic heterocycles. The van der Waals surface area contributed by atoms with E-state index < -0.39 is 5.60 Å². The number of nitrogens with zero attached hydrogens (tertiary/aromatic N) is 3. The van der Waals surface area contributed by atoms with E-state index >= 15 is 0 Å². The third-order valence-corrected chi connectivity index (χ3v) is 3.19. The summed E-state index contributed by atoms with van der Waals surface area (Å²) in [7, 11) is 1.65. The molecule has 18 heavy (non-hydrogen) atoms. The van der Waals surface area contributed by atoms with E-state index in [-0.39, 0.29) is 0 Å². The van der Waals surface area contributed by atoms with Gasteiger partial charge in [-0.2, -0.15) is 10.1 Å². The van der Waals surface area contributed by atoms with Crippen LogP contribution in [-0.4, -0.2) is 27.4 Å². The topological polar surface area (TPSA) is 103 Å². The number of hydrogen-bond donors (Lipinski definition) is 2. The second kappa shape index (κ2) is 4.77. The van der Waals surface area contributed by atoms with Crippen molar-refractivity contribution in [2.75, 3.05) is 12.8 Å². The molecular weight excluding hydrogens is 234 g/mol. The summed E-state index contributed by atoms with van der Waals surface area (Å²) in [6.45, 7) is 4.05. The van der Waals surface area contributed by atoms with Gasteiger partial charge in [-0.15, -0.1) is 0 Å². The third kappa shape index (κ3) is 1.97. The van der Waals surface area contributed by atoms with Crippen molar-refractivity contribution >= 4 is 5.82 Å². The van der Waals surface area contributed by atoms with Gasteiger partial charge in [0.2, 0.25) is 5.82 Å². The number of ether oxygens (including phenoxy) is 1. The summed E-state index contributed by atoms with van der Waals surface area (Å²) in [6.07, 6.45) is 1.54. The van der Waals surface area contributed by atoms with Crippen molar-refractivity contribution in [1.29, 1.82) is 0 Å². The second-order valence-electron chi connectivity index (χ2n) is 4.04. The van der Waals surface area contributed by atoms with Crippen LogP contribution in [0.15, 0.2) is 10.6 Å². The van der Waals surface area contributed by atoms with Crippen LogP contribution in [0.2, 0.25) is 0 Å². The maximum absolute atomic E-state index is 5.54. The van der Waals surface area contributed by atoms with Crippen molar-refractivity contribution in [3.63, 3.8) is 0 Å². The highest BCUT2D eigenvalue weighted by Gasteiger charge is 2.34. The molecule has 2 heterocycles. The number of methoxy groups -OCH3 is 1. The van der Waals surface area contributed by atoms with E-state index in [0.29, 0.717) is 23.2 Å². The first-order valence-electron chi connectivity index (χ1n) is 5.85. The Kier molecular flexibility index (Phi) is 3.33. The minimum atomic E-state index is -0.507. The van der Waals surface area contributed by atoms with Gasteiger partial charge in [0.15, 0.2) is 0 Å². The molecule has 0 saturated carbocycles. The highest BCUT2D eigenvalue weighted by Crippen LogP contribution is 2.31. The van der Waals surface area contributed by atoms with Crippen molar-refractivity contribution in [1.82, 2.24) is 20.3 Å². The molecule has 0 aromatic carbocycles. The fourth-order valence-corrected chi connectivity index (χ4v) is 1.91. The molecule has 0 amide bonds. The number of nitrogens with one attached hydrogen (secondary N) is 1. The lowest BCUT2D eigenvalue weighted by Crippen LogP contribution is -2.28. The standard InChI is InChI=1S/C11H17N5O2/c1-4-11(5-2,17-3)10-13-9(18-16-10)7-6-8(12)15-14-7/h6H,4-5H2,1-3H3,(H3,12,14,15). The molecule has 0 aliphatic rings. The quantitative estimate of drug-likeness (QED) is 0.838. The van der Waals surface area contributed by atoms with Crippen molar-refractivity contribution in [2.24, 2.45) is 0 Å². The van der Waals surface area contributed by atoms with E-state index in [0.717, 1.165) is 12.8 Å². The van der Waals surface area contributed by atoms with Gasteiger partial charge in [-0.05, 0) is 12.8 Å². The molecule has 0 aliphatic carbocycles. The summed E-state index contributed by atoms with van der Waals surface area (Å²) in [4.78, 5) is 4.35. The summed E-state index contributed by atoms with van der Waals surface area (Å²) < 4.78 is 10.7. The fourth-order valence-electron chi connectivity index (χ4n) is 1.91. The maximum atomic E-state index is 5.54. The third-order valence-electron chi connectivity index (χ3n) is 3.19. The average Bonchev–Trinajstić information content (AvgIpc) is 3.01. The van der Waals surface area contributed by atoms with Crippen LogP contribution in [0, 0.1) is 0 Å². The van der Waals surface area contributed by atoms with Crippen molar-refractivity contribution < 1.29 is 9.26 Å². The molecular formula is C11H17N5O2. The first-order chi connectivity index (χ1) is 8.65. The van der Waals surface area contributed by atoms with Crippen LogP contribution in [0.1, 0.15) is 32.5 Å². The Labute approximate surface area is 105 Å². The second-order valence-corrected chi connectivity index (χ2v) is 4.04. The first kappa shape index (κ1) is 12.6. The Balaban J connectivity index is 2.35. The van der Waals surface area contributed by atoms with Gasteiger partial charge in [0.1, 0.15) is 17.1 Å². The van der Waals surface area contributed by atoms with Gasteiger partial charge in [0, 0.05) is 13.2 Å². The fraction of sp³-hybridized carbons (Fsp3) is 0.545. The van der Waals surface area contributed by atoms with Crippen molar-refractivity contribution in [2.45, 2.75) is 32.3 Å².